The molecular formula is C23H46. The molecule has 1 aliphatic rings. The van der Waals surface area contributed by atoms with Crippen LogP contribution in [0.15, 0.2) is 0 Å². The standard InChI is InChI=1S/C23H46/c1-8-13-20-16-22(20)23(21(10-3)18(6)9-2)19(7)15-12-11-14-17(4)5/h17-23H,8-16H2,1-7H3. The monoisotopic (exact) mass is 322 g/mol. The molecule has 6 unspecified atom stereocenters. The van der Waals surface area contributed by atoms with E-state index in [2.05, 4.69) is 48.5 Å². The summed E-state index contributed by atoms with van der Waals surface area (Å²) in [6.07, 6.45) is 13.0. The molecule has 0 spiro atoms. The van der Waals surface area contributed by atoms with E-state index < -0.39 is 0 Å². The summed E-state index contributed by atoms with van der Waals surface area (Å²) in [5.74, 6) is 6.83. The van der Waals surface area contributed by atoms with E-state index in [1.807, 2.05) is 0 Å². The van der Waals surface area contributed by atoms with Crippen molar-refractivity contribution < 1.29 is 0 Å². The second-order valence-corrected chi connectivity index (χ2v) is 9.14. The van der Waals surface area contributed by atoms with Crippen molar-refractivity contribution in [1.29, 1.82) is 0 Å². The van der Waals surface area contributed by atoms with Gasteiger partial charge in [-0.3, -0.25) is 0 Å². The van der Waals surface area contributed by atoms with E-state index in [1.165, 1.54) is 51.4 Å². The Hall–Kier alpha value is 0. The van der Waals surface area contributed by atoms with Gasteiger partial charge in [-0.2, -0.15) is 0 Å². The van der Waals surface area contributed by atoms with Crippen molar-refractivity contribution in [2.75, 3.05) is 0 Å². The van der Waals surface area contributed by atoms with E-state index in [0.29, 0.717) is 0 Å². The maximum Gasteiger partial charge on any atom is -0.0326 e. The molecule has 6 atom stereocenters. The smallest absolute Gasteiger partial charge is 0.0326 e. The zero-order valence-corrected chi connectivity index (χ0v) is 17.4. The zero-order valence-electron chi connectivity index (χ0n) is 17.4. The van der Waals surface area contributed by atoms with E-state index in [0.717, 1.165) is 41.4 Å². The van der Waals surface area contributed by atoms with Crippen LogP contribution < -0.4 is 0 Å². The molecule has 0 heterocycles. The first-order valence-corrected chi connectivity index (χ1v) is 11.0. The van der Waals surface area contributed by atoms with E-state index in [1.54, 1.807) is 6.42 Å². The number of unbranched alkanes of at least 4 members (excludes halogenated alkanes) is 1. The van der Waals surface area contributed by atoms with Crippen molar-refractivity contribution in [1.82, 2.24) is 0 Å². The Bertz CT molecular complexity index is 292. The Morgan fingerprint density at radius 2 is 1.48 bits per heavy atom. The van der Waals surface area contributed by atoms with Gasteiger partial charge in [0.1, 0.15) is 0 Å². The molecule has 0 N–H and O–H groups in total. The van der Waals surface area contributed by atoms with Crippen LogP contribution in [0, 0.1) is 41.4 Å². The summed E-state index contributed by atoms with van der Waals surface area (Å²) < 4.78 is 0. The van der Waals surface area contributed by atoms with Gasteiger partial charge >= 0.3 is 0 Å². The molecule has 1 fully saturated rings. The van der Waals surface area contributed by atoms with Gasteiger partial charge in [0.25, 0.3) is 0 Å². The van der Waals surface area contributed by atoms with Gasteiger partial charge in [-0.15, -0.1) is 0 Å². The molecule has 1 aliphatic carbocycles. The number of hydrogen-bond donors (Lipinski definition) is 0. The van der Waals surface area contributed by atoms with Crippen molar-refractivity contribution in [3.63, 3.8) is 0 Å². The van der Waals surface area contributed by atoms with Gasteiger partial charge in [-0.05, 0) is 47.8 Å². The Balaban J connectivity index is 2.63. The molecule has 0 aromatic carbocycles. The molecule has 0 saturated heterocycles. The van der Waals surface area contributed by atoms with Crippen molar-refractivity contribution in [3.8, 4) is 0 Å². The highest BCUT2D eigenvalue weighted by atomic mass is 14.5. The topological polar surface area (TPSA) is 0 Å². The van der Waals surface area contributed by atoms with Crippen molar-refractivity contribution in [3.05, 3.63) is 0 Å². The summed E-state index contributed by atoms with van der Waals surface area (Å²) in [5.41, 5.74) is 0. The Kier molecular flexibility index (Phi) is 9.86. The molecule has 23 heavy (non-hydrogen) atoms. The Morgan fingerprint density at radius 1 is 0.826 bits per heavy atom. The summed E-state index contributed by atoms with van der Waals surface area (Å²) in [7, 11) is 0. The summed E-state index contributed by atoms with van der Waals surface area (Å²) in [5, 5.41) is 0. The molecule has 1 saturated carbocycles. The minimum absolute atomic E-state index is 0.877. The minimum atomic E-state index is 0.877. The molecule has 0 nitrogen and oxygen atoms in total. The third-order valence-electron chi connectivity index (χ3n) is 6.82. The lowest BCUT2D eigenvalue weighted by Crippen LogP contribution is -2.29. The van der Waals surface area contributed by atoms with E-state index in [9.17, 15) is 0 Å². The molecule has 0 heteroatoms. The quantitative estimate of drug-likeness (QED) is 0.302. The van der Waals surface area contributed by atoms with Crippen LogP contribution in [0.2, 0.25) is 0 Å². The first-order chi connectivity index (χ1) is 11.0. The lowest BCUT2D eigenvalue weighted by Gasteiger charge is -2.36. The first-order valence-electron chi connectivity index (χ1n) is 11.0. The largest absolute Gasteiger partial charge is 0.0654 e. The van der Waals surface area contributed by atoms with Crippen LogP contribution in [0.1, 0.15) is 106 Å². The Labute approximate surface area is 148 Å². The molecule has 0 aliphatic heterocycles. The zero-order chi connectivity index (χ0) is 17.4. The SMILES string of the molecule is CCCC1CC1C(C(C)CCCCC(C)C)C(CC)C(C)CC. The molecule has 1 rings (SSSR count). The van der Waals surface area contributed by atoms with Crippen LogP contribution in [0.3, 0.4) is 0 Å². The van der Waals surface area contributed by atoms with E-state index in [4.69, 9.17) is 0 Å². The van der Waals surface area contributed by atoms with Gasteiger partial charge in [-0.1, -0.05) is 99.8 Å². The van der Waals surface area contributed by atoms with Crippen molar-refractivity contribution in [2.45, 2.75) is 106 Å². The van der Waals surface area contributed by atoms with Gasteiger partial charge in [0.2, 0.25) is 0 Å². The van der Waals surface area contributed by atoms with E-state index in [-0.39, 0.29) is 0 Å². The predicted molar refractivity (Wildman–Crippen MR) is 106 cm³/mol. The fourth-order valence-corrected chi connectivity index (χ4v) is 5.17. The second-order valence-electron chi connectivity index (χ2n) is 9.14. The molecule has 0 aromatic heterocycles. The maximum absolute atomic E-state index is 2.59. The van der Waals surface area contributed by atoms with Gasteiger partial charge in [0, 0.05) is 0 Å². The van der Waals surface area contributed by atoms with Crippen LogP contribution in [0.5, 0.6) is 0 Å². The minimum Gasteiger partial charge on any atom is -0.0654 e. The number of hydrogen-bond acceptors (Lipinski definition) is 0. The maximum atomic E-state index is 2.59. The van der Waals surface area contributed by atoms with Gasteiger partial charge in [0.15, 0.2) is 0 Å². The van der Waals surface area contributed by atoms with Gasteiger partial charge in [-0.25, -0.2) is 0 Å². The van der Waals surface area contributed by atoms with Gasteiger partial charge in [0.05, 0.1) is 0 Å². The second kappa shape index (κ2) is 10.8. The van der Waals surface area contributed by atoms with Gasteiger partial charge < -0.3 is 0 Å². The van der Waals surface area contributed by atoms with Crippen LogP contribution in [0.4, 0.5) is 0 Å². The summed E-state index contributed by atoms with van der Waals surface area (Å²) in [6.45, 7) is 17.0. The third-order valence-corrected chi connectivity index (χ3v) is 6.82. The molecule has 0 radical (unpaired) electrons. The normalized spacial score (nSPS) is 26.1. The average molecular weight is 323 g/mol. The highest BCUT2D eigenvalue weighted by molar-refractivity contribution is 4.96. The fourth-order valence-electron chi connectivity index (χ4n) is 5.17. The van der Waals surface area contributed by atoms with Crippen LogP contribution in [0.25, 0.3) is 0 Å². The molecule has 0 bridgehead atoms. The highest BCUT2D eigenvalue weighted by Crippen LogP contribution is 2.54. The molecular weight excluding hydrogens is 276 g/mol. The lowest BCUT2D eigenvalue weighted by atomic mass is 9.69. The highest BCUT2D eigenvalue weighted by Gasteiger charge is 2.46. The van der Waals surface area contributed by atoms with Crippen molar-refractivity contribution in [2.24, 2.45) is 41.4 Å². The van der Waals surface area contributed by atoms with E-state index >= 15 is 0 Å². The average Bonchev–Trinajstić information content (AvgIpc) is 3.26. The molecule has 0 aromatic rings. The molecule has 138 valence electrons. The number of rotatable bonds is 13. The summed E-state index contributed by atoms with van der Waals surface area (Å²) in [4.78, 5) is 0. The third kappa shape index (κ3) is 6.79. The van der Waals surface area contributed by atoms with Crippen LogP contribution in [-0.2, 0) is 0 Å². The summed E-state index contributed by atoms with van der Waals surface area (Å²) >= 11 is 0. The molecule has 0 amide bonds. The summed E-state index contributed by atoms with van der Waals surface area (Å²) in [6, 6.07) is 0. The first kappa shape index (κ1) is 21.0. The van der Waals surface area contributed by atoms with Crippen LogP contribution >= 0.6 is 0 Å². The fraction of sp³-hybridized carbons (Fsp3) is 1.00. The Morgan fingerprint density at radius 3 is 2.00 bits per heavy atom. The predicted octanol–water partition coefficient (Wildman–Crippen LogP) is 7.96. The van der Waals surface area contributed by atoms with Crippen molar-refractivity contribution >= 4 is 0 Å². The lowest BCUT2D eigenvalue weighted by molar-refractivity contribution is 0.131. The van der Waals surface area contributed by atoms with Crippen LogP contribution in [-0.4, -0.2) is 0 Å².